The number of benzene rings is 1. The predicted molar refractivity (Wildman–Crippen MR) is 68.4 cm³/mol. The first-order valence-electron chi connectivity index (χ1n) is 5.19. The highest BCUT2D eigenvalue weighted by Gasteiger charge is 2.15. The SMILES string of the molecule is CC(C)(C)OC(=O)CNc1ccc(F)c(Br)c1. The molecule has 1 aromatic rings. The average molecular weight is 304 g/mol. The zero-order chi connectivity index (χ0) is 13.1. The van der Waals surface area contributed by atoms with E-state index in [0.29, 0.717) is 10.2 Å². The molecule has 0 aromatic heterocycles. The number of anilines is 1. The Morgan fingerprint density at radius 1 is 1.47 bits per heavy atom. The fourth-order valence-corrected chi connectivity index (χ4v) is 1.54. The fourth-order valence-electron chi connectivity index (χ4n) is 1.16. The van der Waals surface area contributed by atoms with Gasteiger partial charge in [0.25, 0.3) is 0 Å². The van der Waals surface area contributed by atoms with Gasteiger partial charge in [0.2, 0.25) is 0 Å². The second kappa shape index (κ2) is 5.49. The molecule has 0 aliphatic heterocycles. The van der Waals surface area contributed by atoms with E-state index in [-0.39, 0.29) is 18.3 Å². The standard InChI is InChI=1S/C12H15BrFNO2/c1-12(2,3)17-11(16)7-15-8-4-5-10(14)9(13)6-8/h4-6,15H,7H2,1-3H3. The number of halogens is 2. The van der Waals surface area contributed by atoms with E-state index in [9.17, 15) is 9.18 Å². The van der Waals surface area contributed by atoms with Crippen molar-refractivity contribution >= 4 is 27.6 Å². The number of hydrogen-bond acceptors (Lipinski definition) is 3. The van der Waals surface area contributed by atoms with Crippen molar-refractivity contribution in [2.24, 2.45) is 0 Å². The molecule has 1 N–H and O–H groups in total. The van der Waals surface area contributed by atoms with E-state index >= 15 is 0 Å². The van der Waals surface area contributed by atoms with Gasteiger partial charge in [-0.05, 0) is 54.9 Å². The first kappa shape index (κ1) is 14.0. The highest BCUT2D eigenvalue weighted by Crippen LogP contribution is 2.19. The second-order valence-corrected chi connectivity index (χ2v) is 5.42. The van der Waals surface area contributed by atoms with Crippen molar-refractivity contribution in [3.05, 3.63) is 28.5 Å². The van der Waals surface area contributed by atoms with Crippen LogP contribution in [0.1, 0.15) is 20.8 Å². The Labute approximate surface area is 108 Å². The molecule has 0 saturated heterocycles. The van der Waals surface area contributed by atoms with Gasteiger partial charge in [-0.25, -0.2) is 4.39 Å². The lowest BCUT2D eigenvalue weighted by atomic mass is 10.2. The topological polar surface area (TPSA) is 38.3 Å². The van der Waals surface area contributed by atoms with Crippen LogP contribution in [0.5, 0.6) is 0 Å². The molecule has 0 spiro atoms. The molecule has 0 fully saturated rings. The monoisotopic (exact) mass is 303 g/mol. The zero-order valence-corrected chi connectivity index (χ0v) is 11.6. The molecule has 1 aromatic carbocycles. The van der Waals surface area contributed by atoms with Crippen LogP contribution in [0.4, 0.5) is 10.1 Å². The Morgan fingerprint density at radius 3 is 2.65 bits per heavy atom. The lowest BCUT2D eigenvalue weighted by Crippen LogP contribution is -2.28. The van der Waals surface area contributed by atoms with Crippen molar-refractivity contribution < 1.29 is 13.9 Å². The molecule has 0 unspecified atom stereocenters. The Kier molecular flexibility index (Phi) is 4.51. The third-order valence-electron chi connectivity index (χ3n) is 1.78. The van der Waals surface area contributed by atoms with Crippen molar-refractivity contribution in [3.63, 3.8) is 0 Å². The van der Waals surface area contributed by atoms with Crippen LogP contribution < -0.4 is 5.32 Å². The van der Waals surface area contributed by atoms with Crippen molar-refractivity contribution in [3.8, 4) is 0 Å². The number of nitrogens with one attached hydrogen (secondary N) is 1. The van der Waals surface area contributed by atoms with Crippen molar-refractivity contribution in [2.75, 3.05) is 11.9 Å². The summed E-state index contributed by atoms with van der Waals surface area (Å²) in [5.41, 5.74) is 0.159. The van der Waals surface area contributed by atoms with Gasteiger partial charge in [-0.3, -0.25) is 4.79 Å². The third-order valence-corrected chi connectivity index (χ3v) is 2.38. The molecule has 0 radical (unpaired) electrons. The zero-order valence-electron chi connectivity index (χ0n) is 10.0. The number of esters is 1. The Balaban J connectivity index is 2.50. The fraction of sp³-hybridized carbons (Fsp3) is 0.417. The number of hydrogen-bond donors (Lipinski definition) is 1. The summed E-state index contributed by atoms with van der Waals surface area (Å²) >= 11 is 3.07. The van der Waals surface area contributed by atoms with Gasteiger partial charge in [0.05, 0.1) is 4.47 Å². The summed E-state index contributed by atoms with van der Waals surface area (Å²) in [5, 5.41) is 2.86. The lowest BCUT2D eigenvalue weighted by Gasteiger charge is -2.19. The van der Waals surface area contributed by atoms with E-state index in [1.165, 1.54) is 6.07 Å². The molecule has 3 nitrogen and oxygen atoms in total. The van der Waals surface area contributed by atoms with Crippen LogP contribution in [0.25, 0.3) is 0 Å². The first-order chi connectivity index (χ1) is 7.78. The summed E-state index contributed by atoms with van der Waals surface area (Å²) in [7, 11) is 0. The van der Waals surface area contributed by atoms with Gasteiger partial charge in [-0.15, -0.1) is 0 Å². The molecule has 0 bridgehead atoms. The van der Waals surface area contributed by atoms with Crippen LogP contribution in [0.2, 0.25) is 0 Å². The van der Waals surface area contributed by atoms with E-state index < -0.39 is 5.60 Å². The largest absolute Gasteiger partial charge is 0.459 e. The Bertz CT molecular complexity index is 415. The summed E-state index contributed by atoms with van der Waals surface area (Å²) in [6.07, 6.45) is 0. The van der Waals surface area contributed by atoms with Crippen molar-refractivity contribution in [1.82, 2.24) is 0 Å². The second-order valence-electron chi connectivity index (χ2n) is 4.57. The highest BCUT2D eigenvalue weighted by atomic mass is 79.9. The maximum atomic E-state index is 13.0. The van der Waals surface area contributed by atoms with Gasteiger partial charge >= 0.3 is 5.97 Å². The van der Waals surface area contributed by atoms with Gasteiger partial charge in [0.15, 0.2) is 0 Å². The van der Waals surface area contributed by atoms with Gasteiger partial charge in [0.1, 0.15) is 18.0 Å². The van der Waals surface area contributed by atoms with Crippen molar-refractivity contribution in [2.45, 2.75) is 26.4 Å². The number of carbonyl (C=O) groups excluding carboxylic acids is 1. The van der Waals surface area contributed by atoms with E-state index in [1.54, 1.807) is 32.9 Å². The maximum Gasteiger partial charge on any atom is 0.325 e. The lowest BCUT2D eigenvalue weighted by molar-refractivity contribution is -0.152. The van der Waals surface area contributed by atoms with Gasteiger partial charge in [0, 0.05) is 5.69 Å². The van der Waals surface area contributed by atoms with Gasteiger partial charge < -0.3 is 10.1 Å². The minimum absolute atomic E-state index is 0.0509. The number of carbonyl (C=O) groups is 1. The van der Waals surface area contributed by atoms with E-state index in [4.69, 9.17) is 4.74 Å². The summed E-state index contributed by atoms with van der Waals surface area (Å²) in [5.74, 6) is -0.689. The quantitative estimate of drug-likeness (QED) is 0.870. The first-order valence-corrected chi connectivity index (χ1v) is 5.98. The molecular weight excluding hydrogens is 289 g/mol. The predicted octanol–water partition coefficient (Wildman–Crippen LogP) is 3.34. The van der Waals surface area contributed by atoms with Crippen LogP contribution in [0.3, 0.4) is 0 Å². The van der Waals surface area contributed by atoms with Crippen molar-refractivity contribution in [1.29, 1.82) is 0 Å². The molecule has 17 heavy (non-hydrogen) atoms. The summed E-state index contributed by atoms with van der Waals surface area (Å²) in [6.45, 7) is 5.47. The van der Waals surface area contributed by atoms with Gasteiger partial charge in [-0.1, -0.05) is 0 Å². The Morgan fingerprint density at radius 2 is 2.12 bits per heavy atom. The molecular formula is C12H15BrFNO2. The number of ether oxygens (including phenoxy) is 1. The third kappa shape index (κ3) is 5.17. The van der Waals surface area contributed by atoms with Crippen LogP contribution in [-0.4, -0.2) is 18.1 Å². The molecule has 0 saturated carbocycles. The van der Waals surface area contributed by atoms with Gasteiger partial charge in [-0.2, -0.15) is 0 Å². The minimum Gasteiger partial charge on any atom is -0.459 e. The molecule has 94 valence electrons. The number of rotatable bonds is 3. The smallest absolute Gasteiger partial charge is 0.325 e. The van der Waals surface area contributed by atoms with E-state index in [1.807, 2.05) is 0 Å². The van der Waals surface area contributed by atoms with E-state index in [2.05, 4.69) is 21.2 Å². The highest BCUT2D eigenvalue weighted by molar-refractivity contribution is 9.10. The van der Waals surface area contributed by atoms with Crippen LogP contribution in [0, 0.1) is 5.82 Å². The van der Waals surface area contributed by atoms with Crippen LogP contribution >= 0.6 is 15.9 Å². The molecule has 5 heteroatoms. The summed E-state index contributed by atoms with van der Waals surface area (Å²) in [6, 6.07) is 4.45. The van der Waals surface area contributed by atoms with Crippen LogP contribution in [0.15, 0.2) is 22.7 Å². The minimum atomic E-state index is -0.498. The molecule has 0 aliphatic carbocycles. The average Bonchev–Trinajstić information content (AvgIpc) is 2.17. The maximum absolute atomic E-state index is 13.0. The molecule has 0 atom stereocenters. The normalized spacial score (nSPS) is 11.1. The Hall–Kier alpha value is -1.10. The van der Waals surface area contributed by atoms with E-state index in [0.717, 1.165) is 0 Å². The van der Waals surface area contributed by atoms with Crippen LogP contribution in [-0.2, 0) is 9.53 Å². The molecule has 1 rings (SSSR count). The summed E-state index contributed by atoms with van der Waals surface area (Å²) < 4.78 is 18.4. The summed E-state index contributed by atoms with van der Waals surface area (Å²) in [4.78, 5) is 11.4. The molecule has 0 amide bonds. The molecule has 0 heterocycles. The molecule has 0 aliphatic rings.